The lowest BCUT2D eigenvalue weighted by Crippen LogP contribution is -2.30. The third kappa shape index (κ3) is 8.49. The van der Waals surface area contributed by atoms with Gasteiger partial charge in [-0.25, -0.2) is 0 Å². The second-order valence-electron chi connectivity index (χ2n) is 9.60. The number of benzene rings is 4. The summed E-state index contributed by atoms with van der Waals surface area (Å²) in [7, 11) is 3.89. The number of hydrogen-bond acceptors (Lipinski definition) is 5. The molecule has 4 rings (SSSR count). The number of rotatable bonds is 10. The normalized spacial score (nSPS) is 11.0. The summed E-state index contributed by atoms with van der Waals surface area (Å²) < 4.78 is 0. The highest BCUT2D eigenvalue weighted by atomic mass is 35.5. The van der Waals surface area contributed by atoms with Crippen LogP contribution in [0.3, 0.4) is 0 Å². The Bertz CT molecular complexity index is 1610. The minimum Gasteiger partial charge on any atom is -0.378 e. The summed E-state index contributed by atoms with van der Waals surface area (Å²) >= 11 is 7.49. The smallest absolute Gasteiger partial charge is 0.272 e. The van der Waals surface area contributed by atoms with Crippen molar-refractivity contribution in [3.05, 3.63) is 124 Å². The van der Waals surface area contributed by atoms with Crippen molar-refractivity contribution in [3.63, 3.8) is 0 Å². The summed E-state index contributed by atoms with van der Waals surface area (Å²) in [6.07, 6.45) is 1.64. The van der Waals surface area contributed by atoms with Gasteiger partial charge in [0.25, 0.3) is 11.8 Å². The molecule has 0 unspecified atom stereocenters. The summed E-state index contributed by atoms with van der Waals surface area (Å²) in [6, 6.07) is 28.9. The molecule has 0 bridgehead atoms. The highest BCUT2D eigenvalue weighted by Gasteiger charge is 2.16. The first-order chi connectivity index (χ1) is 20.2. The molecule has 0 aliphatic carbocycles. The molecule has 4 aromatic carbocycles. The van der Waals surface area contributed by atoms with Crippen LogP contribution in [0.5, 0.6) is 0 Å². The molecular weight excluding hydrogens is 568 g/mol. The molecule has 0 spiro atoms. The average molecular weight is 599 g/mol. The largest absolute Gasteiger partial charge is 0.378 e. The van der Waals surface area contributed by atoms with E-state index in [0.29, 0.717) is 22.0 Å². The van der Waals surface area contributed by atoms with Crippen LogP contribution in [0, 0.1) is 6.92 Å². The van der Waals surface area contributed by atoms with Gasteiger partial charge >= 0.3 is 0 Å². The summed E-state index contributed by atoms with van der Waals surface area (Å²) in [5, 5.41) is 9.10. The molecule has 7 nitrogen and oxygen atoms in total. The zero-order valence-corrected chi connectivity index (χ0v) is 25.1. The van der Waals surface area contributed by atoms with Gasteiger partial charge in [0.15, 0.2) is 0 Å². The fourth-order valence-electron chi connectivity index (χ4n) is 3.92. The van der Waals surface area contributed by atoms with E-state index in [2.05, 4.69) is 16.0 Å². The highest BCUT2D eigenvalue weighted by Crippen LogP contribution is 2.25. The third-order valence-corrected chi connectivity index (χ3v) is 7.66. The van der Waals surface area contributed by atoms with E-state index in [9.17, 15) is 14.4 Å². The van der Waals surface area contributed by atoms with E-state index in [4.69, 9.17) is 11.6 Å². The monoisotopic (exact) mass is 598 g/mol. The van der Waals surface area contributed by atoms with Gasteiger partial charge < -0.3 is 20.9 Å². The number of halogens is 1. The van der Waals surface area contributed by atoms with Crippen LogP contribution in [-0.2, 0) is 9.59 Å². The lowest BCUT2D eigenvalue weighted by molar-refractivity contribution is -0.114. The summed E-state index contributed by atoms with van der Waals surface area (Å²) in [4.78, 5) is 41.7. The van der Waals surface area contributed by atoms with Gasteiger partial charge in [-0.1, -0.05) is 54.1 Å². The van der Waals surface area contributed by atoms with Crippen molar-refractivity contribution in [2.24, 2.45) is 0 Å². The van der Waals surface area contributed by atoms with Gasteiger partial charge in [0, 0.05) is 46.6 Å². The van der Waals surface area contributed by atoms with E-state index in [1.165, 1.54) is 11.8 Å². The Hall–Kier alpha value is -4.53. The molecule has 0 aliphatic rings. The highest BCUT2D eigenvalue weighted by molar-refractivity contribution is 8.00. The van der Waals surface area contributed by atoms with Crippen LogP contribution >= 0.6 is 23.4 Å². The Morgan fingerprint density at radius 2 is 1.57 bits per heavy atom. The van der Waals surface area contributed by atoms with Crippen LogP contribution in [-0.4, -0.2) is 37.6 Å². The molecule has 4 aromatic rings. The number of amides is 3. The molecule has 3 amide bonds. The van der Waals surface area contributed by atoms with Crippen molar-refractivity contribution >= 4 is 64.2 Å². The molecule has 0 radical (unpaired) electrons. The first-order valence-corrected chi connectivity index (χ1v) is 14.5. The second kappa shape index (κ2) is 14.4. The van der Waals surface area contributed by atoms with Gasteiger partial charge in [-0.3, -0.25) is 14.4 Å². The standard InChI is InChI=1S/C33H31ClN4O3S/c1-22-28(34)13-8-14-29(22)36-31(39)21-42-27-12-7-11-25(20-27)35-33(41)30(37-32(40)24-9-5-4-6-10-24)19-23-15-17-26(18-16-23)38(2)3/h4-20H,21H2,1-3H3,(H,35,41)(H,36,39)(H,37,40)/b30-19+. The fraction of sp³-hybridized carbons (Fsp3) is 0.121. The van der Waals surface area contributed by atoms with Crippen LogP contribution in [0.4, 0.5) is 17.1 Å². The van der Waals surface area contributed by atoms with E-state index in [1.54, 1.807) is 66.7 Å². The minimum absolute atomic E-state index is 0.0933. The molecular formula is C33H31ClN4O3S. The van der Waals surface area contributed by atoms with Crippen LogP contribution in [0.25, 0.3) is 6.08 Å². The average Bonchev–Trinajstić information content (AvgIpc) is 2.99. The molecule has 0 atom stereocenters. The molecule has 42 heavy (non-hydrogen) atoms. The van der Waals surface area contributed by atoms with Gasteiger partial charge in [-0.2, -0.15) is 0 Å². The van der Waals surface area contributed by atoms with Crippen molar-refractivity contribution in [1.29, 1.82) is 0 Å². The summed E-state index contributed by atoms with van der Waals surface area (Å²) in [6.45, 7) is 1.85. The molecule has 0 aliphatic heterocycles. The summed E-state index contributed by atoms with van der Waals surface area (Å²) in [5.74, 6) is -0.877. The van der Waals surface area contributed by atoms with Crippen LogP contribution in [0.2, 0.25) is 5.02 Å². The van der Waals surface area contributed by atoms with E-state index < -0.39 is 11.8 Å². The number of carbonyl (C=O) groups excluding carboxylic acids is 3. The predicted molar refractivity (Wildman–Crippen MR) is 173 cm³/mol. The zero-order chi connectivity index (χ0) is 30.1. The molecule has 3 N–H and O–H groups in total. The van der Waals surface area contributed by atoms with Crippen molar-refractivity contribution in [3.8, 4) is 0 Å². The van der Waals surface area contributed by atoms with Gasteiger partial charge in [-0.05, 0) is 78.7 Å². The van der Waals surface area contributed by atoms with Gasteiger partial charge in [0.05, 0.1) is 5.75 Å². The molecule has 9 heteroatoms. The number of carbonyl (C=O) groups is 3. The molecule has 214 valence electrons. The third-order valence-electron chi connectivity index (χ3n) is 6.25. The maximum atomic E-state index is 13.4. The number of hydrogen-bond donors (Lipinski definition) is 3. The first-order valence-electron chi connectivity index (χ1n) is 13.1. The van der Waals surface area contributed by atoms with Crippen molar-refractivity contribution in [2.45, 2.75) is 11.8 Å². The Balaban J connectivity index is 1.47. The number of thioether (sulfide) groups is 1. The molecule has 0 saturated heterocycles. The summed E-state index contributed by atoms with van der Waals surface area (Å²) in [5.41, 5.74) is 4.29. The quantitative estimate of drug-likeness (QED) is 0.137. The van der Waals surface area contributed by atoms with Crippen LogP contribution in [0.1, 0.15) is 21.5 Å². The van der Waals surface area contributed by atoms with Crippen molar-refractivity contribution in [2.75, 3.05) is 35.4 Å². The predicted octanol–water partition coefficient (Wildman–Crippen LogP) is 6.85. The van der Waals surface area contributed by atoms with E-state index >= 15 is 0 Å². The minimum atomic E-state index is -0.479. The molecule has 0 saturated carbocycles. The fourth-order valence-corrected chi connectivity index (χ4v) is 4.85. The van der Waals surface area contributed by atoms with Crippen LogP contribution < -0.4 is 20.9 Å². The van der Waals surface area contributed by atoms with Crippen molar-refractivity contribution in [1.82, 2.24) is 5.32 Å². The topological polar surface area (TPSA) is 90.5 Å². The maximum Gasteiger partial charge on any atom is 0.272 e. The van der Waals surface area contributed by atoms with Crippen LogP contribution in [0.15, 0.2) is 108 Å². The van der Waals surface area contributed by atoms with Gasteiger partial charge in [0.1, 0.15) is 5.70 Å². The Kier molecular flexibility index (Phi) is 10.4. The lowest BCUT2D eigenvalue weighted by Gasteiger charge is -2.14. The van der Waals surface area contributed by atoms with E-state index in [-0.39, 0.29) is 17.4 Å². The second-order valence-corrected chi connectivity index (χ2v) is 11.1. The Morgan fingerprint density at radius 1 is 0.857 bits per heavy atom. The SMILES string of the molecule is Cc1c(Cl)cccc1NC(=O)CSc1cccc(NC(=O)/C(=C\c2ccc(N(C)C)cc2)NC(=O)c2ccccc2)c1. The molecule has 0 heterocycles. The van der Waals surface area contributed by atoms with E-state index in [1.807, 2.05) is 62.3 Å². The molecule has 0 aromatic heterocycles. The number of nitrogens with zero attached hydrogens (tertiary/aromatic N) is 1. The number of anilines is 3. The Morgan fingerprint density at radius 3 is 2.29 bits per heavy atom. The van der Waals surface area contributed by atoms with E-state index in [0.717, 1.165) is 21.7 Å². The number of nitrogens with one attached hydrogen (secondary N) is 3. The zero-order valence-electron chi connectivity index (χ0n) is 23.5. The van der Waals surface area contributed by atoms with Gasteiger partial charge in [0.2, 0.25) is 5.91 Å². The lowest BCUT2D eigenvalue weighted by atomic mass is 10.1. The maximum absolute atomic E-state index is 13.4. The molecule has 0 fully saturated rings. The Labute approximate surface area is 255 Å². The first kappa shape index (κ1) is 30.4. The van der Waals surface area contributed by atoms with Gasteiger partial charge in [-0.15, -0.1) is 11.8 Å². The van der Waals surface area contributed by atoms with Crippen molar-refractivity contribution < 1.29 is 14.4 Å².